The first-order chi connectivity index (χ1) is 9.83. The van der Waals surface area contributed by atoms with Crippen LogP contribution in [0.3, 0.4) is 0 Å². The van der Waals surface area contributed by atoms with Gasteiger partial charge in [-0.2, -0.15) is 0 Å². The van der Waals surface area contributed by atoms with E-state index in [4.69, 9.17) is 9.47 Å². The highest BCUT2D eigenvalue weighted by atomic mass is 16.6. The lowest BCUT2D eigenvalue weighted by atomic mass is 10.1. The van der Waals surface area contributed by atoms with Crippen molar-refractivity contribution < 1.29 is 14.4 Å². The number of nitro groups is 1. The SMILES string of the molecule is COCCCOc1ccc(CNC(C)(C)C)cc1[N+](=O)[O-]. The van der Waals surface area contributed by atoms with Gasteiger partial charge < -0.3 is 14.8 Å². The number of benzene rings is 1. The molecule has 0 radical (unpaired) electrons. The Hall–Kier alpha value is -1.66. The van der Waals surface area contributed by atoms with Crippen molar-refractivity contribution in [3.05, 3.63) is 33.9 Å². The van der Waals surface area contributed by atoms with Gasteiger partial charge >= 0.3 is 5.69 Å². The Bertz CT molecular complexity index is 469. The Kier molecular flexibility index (Phi) is 6.58. The molecule has 0 amide bonds. The molecule has 0 bridgehead atoms. The van der Waals surface area contributed by atoms with E-state index >= 15 is 0 Å². The van der Waals surface area contributed by atoms with Gasteiger partial charge in [0.15, 0.2) is 5.75 Å². The van der Waals surface area contributed by atoms with Gasteiger partial charge in [0.2, 0.25) is 0 Å². The van der Waals surface area contributed by atoms with Crippen molar-refractivity contribution in [3.63, 3.8) is 0 Å². The molecule has 0 atom stereocenters. The lowest BCUT2D eigenvalue weighted by Gasteiger charge is -2.20. The summed E-state index contributed by atoms with van der Waals surface area (Å²) >= 11 is 0. The minimum absolute atomic E-state index is 0.000580. The van der Waals surface area contributed by atoms with Crippen molar-refractivity contribution in [1.29, 1.82) is 0 Å². The van der Waals surface area contributed by atoms with Gasteiger partial charge in [-0.1, -0.05) is 6.07 Å². The number of methoxy groups -OCH3 is 1. The molecule has 6 nitrogen and oxygen atoms in total. The zero-order chi connectivity index (χ0) is 15.9. The molecule has 0 saturated carbocycles. The first-order valence-electron chi connectivity index (χ1n) is 6.97. The minimum atomic E-state index is -0.410. The van der Waals surface area contributed by atoms with E-state index in [0.717, 1.165) is 5.56 Å². The smallest absolute Gasteiger partial charge is 0.311 e. The fourth-order valence-electron chi connectivity index (χ4n) is 1.69. The summed E-state index contributed by atoms with van der Waals surface area (Å²) in [5, 5.41) is 14.4. The normalized spacial score (nSPS) is 11.4. The Morgan fingerprint density at radius 3 is 2.57 bits per heavy atom. The number of nitrogens with zero attached hydrogens (tertiary/aromatic N) is 1. The van der Waals surface area contributed by atoms with Crippen molar-refractivity contribution in [2.45, 2.75) is 39.3 Å². The second-order valence-corrected chi connectivity index (χ2v) is 5.86. The van der Waals surface area contributed by atoms with Crippen LogP contribution in [-0.4, -0.2) is 30.8 Å². The Balaban J connectivity index is 2.74. The Labute approximate surface area is 125 Å². The molecule has 1 N–H and O–H groups in total. The number of hydrogen-bond acceptors (Lipinski definition) is 5. The summed E-state index contributed by atoms with van der Waals surface area (Å²) in [5.74, 6) is 0.301. The van der Waals surface area contributed by atoms with Crippen LogP contribution in [0, 0.1) is 10.1 Å². The fraction of sp³-hybridized carbons (Fsp3) is 0.600. The van der Waals surface area contributed by atoms with E-state index in [1.165, 1.54) is 0 Å². The summed E-state index contributed by atoms with van der Waals surface area (Å²) in [6.45, 7) is 7.70. The van der Waals surface area contributed by atoms with Gasteiger partial charge in [-0.25, -0.2) is 0 Å². The van der Waals surface area contributed by atoms with Gasteiger partial charge in [-0.05, 0) is 32.4 Å². The van der Waals surface area contributed by atoms with Crippen LogP contribution in [0.4, 0.5) is 5.69 Å². The van der Waals surface area contributed by atoms with Crippen LogP contribution < -0.4 is 10.1 Å². The predicted octanol–water partition coefficient (Wildman–Crippen LogP) is 2.90. The molecule has 0 fully saturated rings. The molecular formula is C15H24N2O4. The Morgan fingerprint density at radius 2 is 2.00 bits per heavy atom. The maximum atomic E-state index is 11.1. The van der Waals surface area contributed by atoms with Crippen LogP contribution in [0.25, 0.3) is 0 Å². The molecule has 0 spiro atoms. The van der Waals surface area contributed by atoms with E-state index in [1.807, 2.05) is 6.07 Å². The quantitative estimate of drug-likeness (QED) is 0.453. The van der Waals surface area contributed by atoms with Crippen molar-refractivity contribution in [1.82, 2.24) is 5.32 Å². The maximum Gasteiger partial charge on any atom is 0.311 e. The molecule has 1 aromatic rings. The predicted molar refractivity (Wildman–Crippen MR) is 81.7 cm³/mol. The lowest BCUT2D eigenvalue weighted by molar-refractivity contribution is -0.385. The van der Waals surface area contributed by atoms with Crippen LogP contribution in [0.1, 0.15) is 32.8 Å². The summed E-state index contributed by atoms with van der Waals surface area (Å²) in [4.78, 5) is 10.7. The molecule has 6 heteroatoms. The van der Waals surface area contributed by atoms with Gasteiger partial charge in [0.25, 0.3) is 0 Å². The molecular weight excluding hydrogens is 272 g/mol. The van der Waals surface area contributed by atoms with Crippen molar-refractivity contribution in [2.75, 3.05) is 20.3 Å². The highest BCUT2D eigenvalue weighted by Gasteiger charge is 2.17. The summed E-state index contributed by atoms with van der Waals surface area (Å²) in [7, 11) is 1.61. The number of nitro benzene ring substituents is 1. The summed E-state index contributed by atoms with van der Waals surface area (Å²) < 4.78 is 10.4. The summed E-state index contributed by atoms with van der Waals surface area (Å²) in [6, 6.07) is 5.06. The molecule has 1 aromatic carbocycles. The number of ether oxygens (including phenoxy) is 2. The van der Waals surface area contributed by atoms with Crippen LogP contribution in [-0.2, 0) is 11.3 Å². The first kappa shape index (κ1) is 17.4. The minimum Gasteiger partial charge on any atom is -0.487 e. The zero-order valence-electron chi connectivity index (χ0n) is 13.1. The molecule has 0 aliphatic rings. The molecule has 0 aliphatic carbocycles. The van der Waals surface area contributed by atoms with Gasteiger partial charge in [0, 0.05) is 38.3 Å². The standard InChI is InChI=1S/C15H24N2O4/c1-15(2,3)16-11-12-6-7-14(13(10-12)17(18)19)21-9-5-8-20-4/h6-7,10,16H,5,8-9,11H2,1-4H3. The van der Waals surface area contributed by atoms with Gasteiger partial charge in [0.05, 0.1) is 11.5 Å². The van der Waals surface area contributed by atoms with Crippen LogP contribution in [0.15, 0.2) is 18.2 Å². The van der Waals surface area contributed by atoms with Crippen molar-refractivity contribution >= 4 is 5.69 Å². The van der Waals surface area contributed by atoms with Gasteiger partial charge in [-0.15, -0.1) is 0 Å². The summed E-state index contributed by atoms with van der Waals surface area (Å²) in [6.07, 6.45) is 0.695. The third kappa shape index (κ3) is 6.55. The second-order valence-electron chi connectivity index (χ2n) is 5.86. The van der Waals surface area contributed by atoms with Crippen LogP contribution in [0.2, 0.25) is 0 Å². The van der Waals surface area contributed by atoms with E-state index in [-0.39, 0.29) is 11.2 Å². The monoisotopic (exact) mass is 296 g/mol. The topological polar surface area (TPSA) is 73.6 Å². The van der Waals surface area contributed by atoms with Crippen LogP contribution >= 0.6 is 0 Å². The maximum absolute atomic E-state index is 11.1. The second kappa shape index (κ2) is 7.95. The third-order valence-electron chi connectivity index (χ3n) is 2.79. The highest BCUT2D eigenvalue weighted by Crippen LogP contribution is 2.28. The molecule has 21 heavy (non-hydrogen) atoms. The zero-order valence-corrected chi connectivity index (χ0v) is 13.1. The highest BCUT2D eigenvalue weighted by molar-refractivity contribution is 5.48. The first-order valence-corrected chi connectivity index (χ1v) is 6.97. The molecule has 0 unspecified atom stereocenters. The van der Waals surface area contributed by atoms with Crippen LogP contribution in [0.5, 0.6) is 5.75 Å². The van der Waals surface area contributed by atoms with E-state index in [0.29, 0.717) is 31.9 Å². The lowest BCUT2D eigenvalue weighted by Crippen LogP contribution is -2.35. The number of rotatable bonds is 8. The molecule has 0 aliphatic heterocycles. The van der Waals surface area contributed by atoms with Crippen molar-refractivity contribution in [2.24, 2.45) is 0 Å². The largest absolute Gasteiger partial charge is 0.487 e. The van der Waals surface area contributed by atoms with Gasteiger partial charge in [-0.3, -0.25) is 10.1 Å². The van der Waals surface area contributed by atoms with E-state index in [9.17, 15) is 10.1 Å². The fourth-order valence-corrected chi connectivity index (χ4v) is 1.69. The average molecular weight is 296 g/mol. The van der Waals surface area contributed by atoms with Crippen molar-refractivity contribution in [3.8, 4) is 5.75 Å². The van der Waals surface area contributed by atoms with E-state index in [2.05, 4.69) is 26.1 Å². The summed E-state index contributed by atoms with van der Waals surface area (Å²) in [5.41, 5.74) is 0.825. The van der Waals surface area contributed by atoms with E-state index in [1.54, 1.807) is 19.2 Å². The third-order valence-corrected chi connectivity index (χ3v) is 2.79. The molecule has 0 saturated heterocycles. The number of nitrogens with one attached hydrogen (secondary N) is 1. The molecule has 0 aromatic heterocycles. The average Bonchev–Trinajstić information content (AvgIpc) is 2.41. The number of hydrogen-bond donors (Lipinski definition) is 1. The molecule has 1 rings (SSSR count). The van der Waals surface area contributed by atoms with E-state index < -0.39 is 4.92 Å². The van der Waals surface area contributed by atoms with Gasteiger partial charge in [0.1, 0.15) is 0 Å². The molecule has 118 valence electrons. The molecule has 0 heterocycles. The Morgan fingerprint density at radius 1 is 1.29 bits per heavy atom.